The van der Waals surface area contributed by atoms with E-state index < -0.39 is 6.04 Å². The maximum Gasteiger partial charge on any atom is 0.246 e. The third-order valence-corrected chi connectivity index (χ3v) is 3.60. The topological polar surface area (TPSA) is 43.8 Å². The first kappa shape index (κ1) is 13.1. The van der Waals surface area contributed by atoms with E-state index in [2.05, 4.69) is 6.92 Å². The summed E-state index contributed by atoms with van der Waals surface area (Å²) < 4.78 is 0. The lowest BCUT2D eigenvalue weighted by Gasteiger charge is -2.29. The van der Waals surface area contributed by atoms with Crippen LogP contribution in [0.25, 0.3) is 0 Å². The number of carbonyl (C=O) groups is 1. The highest BCUT2D eigenvalue weighted by Crippen LogP contribution is 2.23. The molecule has 0 aromatic heterocycles. The van der Waals surface area contributed by atoms with Gasteiger partial charge in [0, 0.05) is 18.3 Å². The Labute approximate surface area is 108 Å². The molecule has 98 valence electrons. The molecule has 1 amide bonds. The van der Waals surface area contributed by atoms with Gasteiger partial charge in [0.15, 0.2) is 0 Å². The Morgan fingerprint density at radius 1 is 1.33 bits per heavy atom. The standard InChI is InChI=1S/C14H20N2O2/c1-11-8-9-15(2)13(10-17)14(18)16(11)12-6-4-3-5-7-12/h3-7,11,13,17H,8-10H2,1-2H3. The van der Waals surface area contributed by atoms with E-state index in [0.29, 0.717) is 0 Å². The normalized spacial score (nSPS) is 26.2. The van der Waals surface area contributed by atoms with Gasteiger partial charge in [-0.25, -0.2) is 0 Å². The number of benzene rings is 1. The van der Waals surface area contributed by atoms with Crippen molar-refractivity contribution in [2.75, 3.05) is 25.1 Å². The Morgan fingerprint density at radius 2 is 2.00 bits per heavy atom. The molecule has 0 saturated carbocycles. The minimum absolute atomic E-state index is 0.0174. The van der Waals surface area contributed by atoms with Gasteiger partial charge in [0.25, 0.3) is 0 Å². The van der Waals surface area contributed by atoms with E-state index in [1.807, 2.05) is 47.2 Å². The highest BCUT2D eigenvalue weighted by molar-refractivity contribution is 5.98. The van der Waals surface area contributed by atoms with Gasteiger partial charge in [0.1, 0.15) is 6.04 Å². The summed E-state index contributed by atoms with van der Waals surface area (Å²) in [6.07, 6.45) is 0.910. The van der Waals surface area contributed by atoms with Gasteiger partial charge in [0.2, 0.25) is 5.91 Å². The van der Waals surface area contributed by atoms with Crippen LogP contribution in [0.1, 0.15) is 13.3 Å². The highest BCUT2D eigenvalue weighted by atomic mass is 16.3. The number of nitrogens with zero attached hydrogens (tertiary/aromatic N) is 2. The van der Waals surface area contributed by atoms with Crippen LogP contribution >= 0.6 is 0 Å². The maximum atomic E-state index is 12.5. The van der Waals surface area contributed by atoms with Crippen molar-refractivity contribution in [3.05, 3.63) is 30.3 Å². The van der Waals surface area contributed by atoms with Crippen molar-refractivity contribution in [3.8, 4) is 0 Å². The SMILES string of the molecule is CC1CCN(C)C(CO)C(=O)N1c1ccccc1. The number of carbonyl (C=O) groups excluding carboxylic acids is 1. The Hall–Kier alpha value is -1.39. The molecule has 1 heterocycles. The van der Waals surface area contributed by atoms with Crippen LogP contribution in [0.3, 0.4) is 0 Å². The first-order valence-electron chi connectivity index (χ1n) is 6.34. The van der Waals surface area contributed by atoms with Crippen molar-refractivity contribution < 1.29 is 9.90 Å². The molecule has 2 rings (SSSR count). The predicted octanol–water partition coefficient (Wildman–Crippen LogP) is 1.10. The van der Waals surface area contributed by atoms with Crippen molar-refractivity contribution in [1.29, 1.82) is 0 Å². The first-order chi connectivity index (χ1) is 8.65. The van der Waals surface area contributed by atoms with Gasteiger partial charge < -0.3 is 10.0 Å². The average Bonchev–Trinajstić information content (AvgIpc) is 2.48. The quantitative estimate of drug-likeness (QED) is 0.852. The van der Waals surface area contributed by atoms with Crippen LogP contribution < -0.4 is 4.90 Å². The number of hydrogen-bond donors (Lipinski definition) is 1. The summed E-state index contributed by atoms with van der Waals surface area (Å²) in [7, 11) is 1.89. The van der Waals surface area contributed by atoms with E-state index in [9.17, 15) is 9.90 Å². The Morgan fingerprint density at radius 3 is 2.61 bits per heavy atom. The number of anilines is 1. The molecule has 18 heavy (non-hydrogen) atoms. The second-order valence-electron chi connectivity index (χ2n) is 4.86. The molecule has 0 bridgehead atoms. The van der Waals surface area contributed by atoms with Crippen molar-refractivity contribution >= 4 is 11.6 Å². The molecular weight excluding hydrogens is 228 g/mol. The Balaban J connectivity index is 2.34. The van der Waals surface area contributed by atoms with E-state index in [1.165, 1.54) is 0 Å². The van der Waals surface area contributed by atoms with E-state index in [0.717, 1.165) is 18.7 Å². The summed E-state index contributed by atoms with van der Waals surface area (Å²) in [5.41, 5.74) is 0.906. The molecule has 1 aromatic carbocycles. The summed E-state index contributed by atoms with van der Waals surface area (Å²) in [5, 5.41) is 9.42. The van der Waals surface area contributed by atoms with Crippen LogP contribution in [-0.4, -0.2) is 48.2 Å². The molecule has 0 spiro atoms. The molecule has 1 aromatic rings. The number of rotatable bonds is 2. The molecule has 4 heteroatoms. The van der Waals surface area contributed by atoms with Crippen LogP contribution in [0.4, 0.5) is 5.69 Å². The first-order valence-corrected chi connectivity index (χ1v) is 6.34. The molecule has 2 atom stereocenters. The summed E-state index contributed by atoms with van der Waals surface area (Å²) >= 11 is 0. The molecule has 0 aliphatic carbocycles. The van der Waals surface area contributed by atoms with E-state index in [-0.39, 0.29) is 18.6 Å². The predicted molar refractivity (Wildman–Crippen MR) is 71.5 cm³/mol. The lowest BCUT2D eigenvalue weighted by molar-refractivity contribution is -0.124. The smallest absolute Gasteiger partial charge is 0.246 e. The lowest BCUT2D eigenvalue weighted by Crippen LogP contribution is -2.48. The fourth-order valence-corrected chi connectivity index (χ4v) is 2.43. The lowest BCUT2D eigenvalue weighted by atomic mass is 10.1. The van der Waals surface area contributed by atoms with Gasteiger partial charge in [-0.3, -0.25) is 9.69 Å². The van der Waals surface area contributed by atoms with Crippen molar-refractivity contribution in [1.82, 2.24) is 4.90 Å². The molecule has 2 unspecified atom stereocenters. The van der Waals surface area contributed by atoms with Gasteiger partial charge in [-0.1, -0.05) is 18.2 Å². The number of aliphatic hydroxyl groups excluding tert-OH is 1. The van der Waals surface area contributed by atoms with Gasteiger partial charge in [-0.2, -0.15) is 0 Å². The van der Waals surface area contributed by atoms with E-state index >= 15 is 0 Å². The van der Waals surface area contributed by atoms with Crippen molar-refractivity contribution in [2.45, 2.75) is 25.4 Å². The number of aliphatic hydroxyl groups is 1. The molecular formula is C14H20N2O2. The molecule has 1 saturated heterocycles. The van der Waals surface area contributed by atoms with Crippen LogP contribution in [0.5, 0.6) is 0 Å². The summed E-state index contributed by atoms with van der Waals surface area (Å²) in [5.74, 6) is -0.0174. The van der Waals surface area contributed by atoms with Crippen LogP contribution in [0.15, 0.2) is 30.3 Å². The van der Waals surface area contributed by atoms with Gasteiger partial charge >= 0.3 is 0 Å². The molecule has 1 fully saturated rings. The summed E-state index contributed by atoms with van der Waals surface area (Å²) in [6.45, 7) is 2.74. The highest BCUT2D eigenvalue weighted by Gasteiger charge is 2.34. The average molecular weight is 248 g/mol. The van der Waals surface area contributed by atoms with Crippen LogP contribution in [-0.2, 0) is 4.79 Å². The minimum Gasteiger partial charge on any atom is -0.394 e. The number of para-hydroxylation sites is 1. The van der Waals surface area contributed by atoms with Gasteiger partial charge in [-0.05, 0) is 32.5 Å². The van der Waals surface area contributed by atoms with E-state index in [4.69, 9.17) is 0 Å². The number of hydrogen-bond acceptors (Lipinski definition) is 3. The zero-order valence-corrected chi connectivity index (χ0v) is 10.9. The fraction of sp³-hybridized carbons (Fsp3) is 0.500. The zero-order chi connectivity index (χ0) is 13.1. The molecule has 1 aliphatic heterocycles. The zero-order valence-electron chi connectivity index (χ0n) is 10.9. The second kappa shape index (κ2) is 5.50. The van der Waals surface area contributed by atoms with Gasteiger partial charge in [-0.15, -0.1) is 0 Å². The van der Waals surface area contributed by atoms with Crippen molar-refractivity contribution in [3.63, 3.8) is 0 Å². The van der Waals surface area contributed by atoms with Crippen LogP contribution in [0.2, 0.25) is 0 Å². The maximum absolute atomic E-state index is 12.5. The van der Waals surface area contributed by atoms with E-state index in [1.54, 1.807) is 0 Å². The third-order valence-electron chi connectivity index (χ3n) is 3.60. The Kier molecular flexibility index (Phi) is 3.99. The Bertz CT molecular complexity index is 408. The second-order valence-corrected chi connectivity index (χ2v) is 4.86. The largest absolute Gasteiger partial charge is 0.394 e. The molecule has 1 aliphatic rings. The molecule has 4 nitrogen and oxygen atoms in total. The monoisotopic (exact) mass is 248 g/mol. The fourth-order valence-electron chi connectivity index (χ4n) is 2.43. The minimum atomic E-state index is -0.435. The molecule has 0 radical (unpaired) electrons. The summed E-state index contributed by atoms with van der Waals surface area (Å²) in [6, 6.07) is 9.39. The van der Waals surface area contributed by atoms with Crippen LogP contribution in [0, 0.1) is 0 Å². The third kappa shape index (κ3) is 2.40. The summed E-state index contributed by atoms with van der Waals surface area (Å²) in [4.78, 5) is 16.3. The number of amides is 1. The van der Waals surface area contributed by atoms with Gasteiger partial charge in [0.05, 0.1) is 6.61 Å². The van der Waals surface area contributed by atoms with Crippen molar-refractivity contribution in [2.24, 2.45) is 0 Å². The number of likely N-dealkylation sites (N-methyl/N-ethyl adjacent to an activating group) is 1. The molecule has 1 N–H and O–H groups in total.